The van der Waals surface area contributed by atoms with Crippen molar-refractivity contribution in [3.8, 4) is 0 Å². The van der Waals surface area contributed by atoms with Gasteiger partial charge in [0.15, 0.2) is 0 Å². The van der Waals surface area contributed by atoms with Crippen molar-refractivity contribution >= 4 is 29.1 Å². The molecule has 0 aliphatic heterocycles. The summed E-state index contributed by atoms with van der Waals surface area (Å²) in [4.78, 5) is 12.6. The molecule has 0 heterocycles. The average Bonchev–Trinajstić information content (AvgIpc) is 2.41. The van der Waals surface area contributed by atoms with Crippen LogP contribution in [0.15, 0.2) is 47.4 Å². The maximum absolute atomic E-state index is 13.4. The first kappa shape index (κ1) is 15.0. The first-order valence-electron chi connectivity index (χ1n) is 5.89. The number of carbonyl (C=O) groups is 1. The minimum absolute atomic E-state index is 0.147. The van der Waals surface area contributed by atoms with Gasteiger partial charge in [0.05, 0.1) is 5.75 Å². The lowest BCUT2D eigenvalue weighted by Gasteiger charge is -2.05. The first-order valence-corrected chi connectivity index (χ1v) is 7.25. The number of Topliss-reactive ketones (excluding diaryl/α,β-unsaturated/α-hetero) is 1. The van der Waals surface area contributed by atoms with E-state index in [1.807, 2.05) is 6.07 Å². The minimum Gasteiger partial charge on any atom is -0.298 e. The Labute approximate surface area is 125 Å². The predicted octanol–water partition coefficient (Wildman–Crippen LogP) is 4.52. The van der Waals surface area contributed by atoms with Crippen molar-refractivity contribution < 1.29 is 13.6 Å². The third-order valence-electron chi connectivity index (χ3n) is 2.63. The second kappa shape index (κ2) is 6.86. The molecule has 0 atom stereocenters. The molecule has 2 aromatic rings. The van der Waals surface area contributed by atoms with Gasteiger partial charge in [-0.2, -0.15) is 0 Å². The lowest BCUT2D eigenvalue weighted by molar-refractivity contribution is -0.116. The zero-order valence-corrected chi connectivity index (χ0v) is 12.0. The van der Waals surface area contributed by atoms with Gasteiger partial charge in [-0.3, -0.25) is 4.79 Å². The van der Waals surface area contributed by atoms with Crippen molar-refractivity contribution in [2.45, 2.75) is 11.3 Å². The van der Waals surface area contributed by atoms with E-state index >= 15 is 0 Å². The van der Waals surface area contributed by atoms with Crippen molar-refractivity contribution in [2.24, 2.45) is 0 Å². The molecular weight excluding hydrogens is 302 g/mol. The summed E-state index contributed by atoms with van der Waals surface area (Å²) in [5, 5.41) is 0.586. The van der Waals surface area contributed by atoms with Crippen LogP contribution < -0.4 is 0 Å². The average molecular weight is 313 g/mol. The summed E-state index contributed by atoms with van der Waals surface area (Å²) in [6, 6.07) is 10.7. The standard InChI is InChI=1S/C15H11ClF2OS/c16-10-3-1-4-12(7-10)20-9-11(19)8-13-14(17)5-2-6-15(13)18/h1-7H,8-9H2. The molecule has 0 aromatic heterocycles. The van der Waals surface area contributed by atoms with Crippen LogP contribution in [0.25, 0.3) is 0 Å². The van der Waals surface area contributed by atoms with Crippen molar-refractivity contribution in [1.82, 2.24) is 0 Å². The summed E-state index contributed by atoms with van der Waals surface area (Å²) in [6.07, 6.45) is -0.244. The summed E-state index contributed by atoms with van der Waals surface area (Å²) >= 11 is 7.13. The van der Waals surface area contributed by atoms with Crippen molar-refractivity contribution in [2.75, 3.05) is 5.75 Å². The highest BCUT2D eigenvalue weighted by molar-refractivity contribution is 8.00. The van der Waals surface area contributed by atoms with Crippen LogP contribution in [-0.4, -0.2) is 11.5 Å². The Bertz CT molecular complexity index is 611. The number of benzene rings is 2. The van der Waals surface area contributed by atoms with E-state index in [0.29, 0.717) is 5.02 Å². The largest absolute Gasteiger partial charge is 0.298 e. The molecule has 0 N–H and O–H groups in total. The van der Waals surface area contributed by atoms with Crippen molar-refractivity contribution in [3.63, 3.8) is 0 Å². The van der Waals surface area contributed by atoms with Gasteiger partial charge in [-0.15, -0.1) is 11.8 Å². The van der Waals surface area contributed by atoms with Crippen LogP contribution in [0.3, 0.4) is 0 Å². The van der Waals surface area contributed by atoms with E-state index in [-0.39, 0.29) is 23.5 Å². The molecule has 104 valence electrons. The second-order valence-corrected chi connectivity index (χ2v) is 5.65. The number of rotatable bonds is 5. The quantitative estimate of drug-likeness (QED) is 0.755. The third-order valence-corrected chi connectivity index (χ3v) is 3.92. The smallest absolute Gasteiger partial charge is 0.147 e. The maximum atomic E-state index is 13.4. The van der Waals surface area contributed by atoms with E-state index in [9.17, 15) is 13.6 Å². The molecule has 5 heteroatoms. The second-order valence-electron chi connectivity index (χ2n) is 4.16. The van der Waals surface area contributed by atoms with Crippen LogP contribution in [0.1, 0.15) is 5.56 Å². The van der Waals surface area contributed by atoms with E-state index in [2.05, 4.69) is 0 Å². The summed E-state index contributed by atoms with van der Waals surface area (Å²) in [6.45, 7) is 0. The molecule has 0 bridgehead atoms. The normalized spacial score (nSPS) is 10.6. The Morgan fingerprint density at radius 3 is 2.40 bits per heavy atom. The zero-order valence-electron chi connectivity index (χ0n) is 10.4. The summed E-state index contributed by atoms with van der Waals surface area (Å²) in [5.74, 6) is -1.47. The zero-order chi connectivity index (χ0) is 14.5. The van der Waals surface area contributed by atoms with Crippen molar-refractivity contribution in [3.05, 3.63) is 64.7 Å². The van der Waals surface area contributed by atoms with Crippen LogP contribution in [0.5, 0.6) is 0 Å². The van der Waals surface area contributed by atoms with Crippen molar-refractivity contribution in [1.29, 1.82) is 0 Å². The van der Waals surface area contributed by atoms with Gasteiger partial charge in [-0.05, 0) is 30.3 Å². The summed E-state index contributed by atoms with van der Waals surface area (Å²) in [7, 11) is 0. The summed E-state index contributed by atoms with van der Waals surface area (Å²) < 4.78 is 26.8. The molecule has 2 aromatic carbocycles. The minimum atomic E-state index is -0.689. The maximum Gasteiger partial charge on any atom is 0.147 e. The van der Waals surface area contributed by atoms with Crippen LogP contribution >= 0.6 is 23.4 Å². The van der Waals surface area contributed by atoms with E-state index < -0.39 is 11.6 Å². The van der Waals surface area contributed by atoms with Gasteiger partial charge in [0.25, 0.3) is 0 Å². The molecule has 2 rings (SSSR count). The fraction of sp³-hybridized carbons (Fsp3) is 0.133. The highest BCUT2D eigenvalue weighted by Gasteiger charge is 2.13. The third kappa shape index (κ3) is 4.05. The van der Waals surface area contributed by atoms with Crippen LogP contribution in [0.4, 0.5) is 8.78 Å². The Hall–Kier alpha value is -1.39. The molecule has 0 unspecified atom stereocenters. The topological polar surface area (TPSA) is 17.1 Å². The first-order chi connectivity index (χ1) is 9.56. The molecule has 0 aliphatic rings. The molecule has 0 amide bonds. The predicted molar refractivity (Wildman–Crippen MR) is 77.2 cm³/mol. The van der Waals surface area contributed by atoms with E-state index in [1.54, 1.807) is 18.2 Å². The van der Waals surface area contributed by atoms with E-state index in [0.717, 1.165) is 17.0 Å². The van der Waals surface area contributed by atoms with Gasteiger partial charge in [0, 0.05) is 21.9 Å². The lowest BCUT2D eigenvalue weighted by atomic mass is 10.1. The molecule has 0 radical (unpaired) electrons. The Morgan fingerprint density at radius 1 is 1.10 bits per heavy atom. The number of carbonyl (C=O) groups excluding carboxylic acids is 1. The molecule has 0 saturated heterocycles. The van der Waals surface area contributed by atoms with Crippen LogP contribution in [0.2, 0.25) is 5.02 Å². The van der Waals surface area contributed by atoms with Crippen LogP contribution in [-0.2, 0) is 11.2 Å². The fourth-order valence-electron chi connectivity index (χ4n) is 1.67. The van der Waals surface area contributed by atoms with Gasteiger partial charge in [-0.1, -0.05) is 23.7 Å². The van der Waals surface area contributed by atoms with E-state index in [4.69, 9.17) is 11.6 Å². The van der Waals surface area contributed by atoms with Gasteiger partial charge in [-0.25, -0.2) is 8.78 Å². The highest BCUT2D eigenvalue weighted by atomic mass is 35.5. The molecule has 1 nitrogen and oxygen atoms in total. The molecular formula is C15H11ClF2OS. The van der Waals surface area contributed by atoms with Gasteiger partial charge < -0.3 is 0 Å². The van der Waals surface area contributed by atoms with E-state index in [1.165, 1.54) is 17.8 Å². The fourth-order valence-corrected chi connectivity index (χ4v) is 2.74. The molecule has 0 spiro atoms. The summed E-state index contributed by atoms with van der Waals surface area (Å²) in [5.41, 5.74) is -0.177. The molecule has 0 aliphatic carbocycles. The van der Waals surface area contributed by atoms with Gasteiger partial charge >= 0.3 is 0 Å². The number of halogens is 3. The molecule has 0 saturated carbocycles. The Morgan fingerprint density at radius 2 is 1.75 bits per heavy atom. The number of ketones is 1. The highest BCUT2D eigenvalue weighted by Crippen LogP contribution is 2.22. The van der Waals surface area contributed by atoms with Gasteiger partial charge in [0.2, 0.25) is 0 Å². The Balaban J connectivity index is 1.96. The number of hydrogen-bond donors (Lipinski definition) is 0. The monoisotopic (exact) mass is 312 g/mol. The van der Waals surface area contributed by atoms with Crippen LogP contribution in [0, 0.1) is 11.6 Å². The lowest BCUT2D eigenvalue weighted by Crippen LogP contribution is -2.09. The number of hydrogen-bond acceptors (Lipinski definition) is 2. The van der Waals surface area contributed by atoms with Gasteiger partial charge in [0.1, 0.15) is 17.4 Å². The SMILES string of the molecule is O=C(CSc1cccc(Cl)c1)Cc1c(F)cccc1F. The number of thioether (sulfide) groups is 1. The Kier molecular flexibility index (Phi) is 5.15. The molecule has 0 fully saturated rings. The molecule has 20 heavy (non-hydrogen) atoms.